The zero-order chi connectivity index (χ0) is 15.4. The number of aliphatic hydroxyl groups is 1. The standard InChI is InChI=1S/C14H28N2O2P2/c1-4-14(18-20)12(7-6-11(17)10-15)16(19)9-5-8-13(14,2)3/h5-8,11-12,17H,4,9-10,15,19-20H2,1-3H3/t11?,12-,14-/m1/s1. The van der Waals surface area contributed by atoms with E-state index >= 15 is 0 Å². The van der Waals surface area contributed by atoms with Gasteiger partial charge in [-0.05, 0) is 6.42 Å². The minimum absolute atomic E-state index is 0.0289. The largest absolute Gasteiger partial charge is 0.388 e. The van der Waals surface area contributed by atoms with Crippen molar-refractivity contribution >= 4 is 18.9 Å². The normalized spacial score (nSPS) is 32.5. The third kappa shape index (κ3) is 3.50. The van der Waals surface area contributed by atoms with Crippen LogP contribution in [0.4, 0.5) is 0 Å². The maximum Gasteiger partial charge on any atom is 0.0992 e. The molecule has 0 fully saturated rings. The van der Waals surface area contributed by atoms with Gasteiger partial charge >= 0.3 is 0 Å². The van der Waals surface area contributed by atoms with Crippen LogP contribution in [0.5, 0.6) is 0 Å². The summed E-state index contributed by atoms with van der Waals surface area (Å²) in [5.74, 6) is 0. The van der Waals surface area contributed by atoms with E-state index in [9.17, 15) is 5.11 Å². The Kier molecular flexibility index (Phi) is 6.79. The molecule has 0 saturated heterocycles. The fraction of sp³-hybridized carbons (Fsp3) is 0.714. The first-order valence-electron chi connectivity index (χ1n) is 6.98. The highest BCUT2D eigenvalue weighted by atomic mass is 31.0. The van der Waals surface area contributed by atoms with Gasteiger partial charge in [-0.1, -0.05) is 54.5 Å². The summed E-state index contributed by atoms with van der Waals surface area (Å²) in [6.07, 6.45) is 8.38. The van der Waals surface area contributed by atoms with Crippen LogP contribution in [-0.2, 0) is 4.52 Å². The van der Waals surface area contributed by atoms with Gasteiger partial charge in [0.2, 0.25) is 0 Å². The number of hydrogen-bond donors (Lipinski definition) is 2. The Labute approximate surface area is 127 Å². The Morgan fingerprint density at radius 3 is 2.75 bits per heavy atom. The van der Waals surface area contributed by atoms with Crippen LogP contribution in [-0.4, -0.2) is 40.6 Å². The summed E-state index contributed by atoms with van der Waals surface area (Å²) in [5.41, 5.74) is 4.95. The second kappa shape index (κ2) is 7.45. The van der Waals surface area contributed by atoms with E-state index in [0.29, 0.717) is 0 Å². The van der Waals surface area contributed by atoms with Crippen molar-refractivity contribution in [1.82, 2.24) is 4.67 Å². The molecule has 5 atom stereocenters. The first-order chi connectivity index (χ1) is 9.34. The predicted octanol–water partition coefficient (Wildman–Crippen LogP) is 1.87. The lowest BCUT2D eigenvalue weighted by Gasteiger charge is -2.49. The lowest BCUT2D eigenvalue weighted by molar-refractivity contribution is -0.0379. The van der Waals surface area contributed by atoms with E-state index < -0.39 is 11.7 Å². The molecule has 1 aliphatic heterocycles. The van der Waals surface area contributed by atoms with Gasteiger partial charge in [-0.3, -0.25) is 4.67 Å². The molecule has 4 nitrogen and oxygen atoms in total. The second-order valence-corrected chi connectivity index (χ2v) is 6.71. The van der Waals surface area contributed by atoms with Crippen LogP contribution in [0.15, 0.2) is 24.3 Å². The van der Waals surface area contributed by atoms with Gasteiger partial charge in [0.1, 0.15) is 0 Å². The molecule has 6 heteroatoms. The van der Waals surface area contributed by atoms with E-state index in [4.69, 9.17) is 10.3 Å². The molecule has 1 aliphatic rings. The molecule has 1 rings (SSSR count). The number of nitrogens with two attached hydrogens (primary N) is 1. The van der Waals surface area contributed by atoms with E-state index in [0.717, 1.165) is 13.0 Å². The lowest BCUT2D eigenvalue weighted by Crippen LogP contribution is -2.56. The molecular weight excluding hydrogens is 290 g/mol. The Balaban J connectivity index is 3.22. The van der Waals surface area contributed by atoms with Crippen LogP contribution >= 0.6 is 18.9 Å². The molecule has 3 unspecified atom stereocenters. The summed E-state index contributed by atoms with van der Waals surface area (Å²) >= 11 is 0. The molecule has 1 heterocycles. The zero-order valence-electron chi connectivity index (χ0n) is 12.6. The monoisotopic (exact) mass is 318 g/mol. The van der Waals surface area contributed by atoms with Crippen LogP contribution in [0, 0.1) is 5.41 Å². The zero-order valence-corrected chi connectivity index (χ0v) is 14.9. The molecule has 0 aromatic rings. The Hall–Kier alpha value is 0.180. The van der Waals surface area contributed by atoms with E-state index in [1.165, 1.54) is 0 Å². The van der Waals surface area contributed by atoms with Crippen molar-refractivity contribution in [3.8, 4) is 0 Å². The van der Waals surface area contributed by atoms with Crippen molar-refractivity contribution in [2.24, 2.45) is 11.1 Å². The molecule has 0 bridgehead atoms. The summed E-state index contributed by atoms with van der Waals surface area (Å²) in [6, 6.07) is 0.0289. The molecule has 0 saturated carbocycles. The highest BCUT2D eigenvalue weighted by molar-refractivity contribution is 7.13. The third-order valence-electron chi connectivity index (χ3n) is 4.27. The van der Waals surface area contributed by atoms with E-state index in [1.54, 1.807) is 6.08 Å². The topological polar surface area (TPSA) is 58.7 Å². The van der Waals surface area contributed by atoms with Crippen molar-refractivity contribution in [3.63, 3.8) is 0 Å². The molecule has 0 aliphatic carbocycles. The Bertz CT molecular complexity index is 368. The van der Waals surface area contributed by atoms with Gasteiger partial charge in [-0.2, -0.15) is 0 Å². The van der Waals surface area contributed by atoms with E-state index in [-0.39, 0.29) is 18.0 Å². The molecule has 0 spiro atoms. The van der Waals surface area contributed by atoms with Crippen molar-refractivity contribution in [2.75, 3.05) is 13.1 Å². The van der Waals surface area contributed by atoms with E-state index in [2.05, 4.69) is 56.5 Å². The molecule has 20 heavy (non-hydrogen) atoms. The van der Waals surface area contributed by atoms with Crippen molar-refractivity contribution < 1.29 is 9.63 Å². The summed E-state index contributed by atoms with van der Waals surface area (Å²) in [5, 5.41) is 9.69. The SMILES string of the molecule is CC[C@@]1(OP)[C@@H](C=CC(O)CN)N(P)CC=CC1(C)C. The molecule has 0 amide bonds. The first-order valence-corrected chi connectivity index (χ1v) is 7.96. The Morgan fingerprint density at radius 1 is 1.60 bits per heavy atom. The minimum Gasteiger partial charge on any atom is -0.388 e. The molecule has 0 aromatic heterocycles. The third-order valence-corrected chi connectivity index (χ3v) is 5.22. The fourth-order valence-electron chi connectivity index (χ4n) is 2.92. The predicted molar refractivity (Wildman–Crippen MR) is 91.1 cm³/mol. The number of nitrogens with zero attached hydrogens (tertiary/aromatic N) is 1. The summed E-state index contributed by atoms with van der Waals surface area (Å²) in [7, 11) is 5.18. The molecule has 0 aromatic carbocycles. The number of aliphatic hydroxyl groups excluding tert-OH is 1. The second-order valence-electron chi connectivity index (χ2n) is 5.81. The average Bonchev–Trinajstić information content (AvgIpc) is 2.50. The molecule has 3 N–H and O–H groups in total. The molecule has 116 valence electrons. The smallest absolute Gasteiger partial charge is 0.0992 e. The van der Waals surface area contributed by atoms with Gasteiger partial charge in [0.05, 0.1) is 17.7 Å². The van der Waals surface area contributed by atoms with Crippen molar-refractivity contribution in [1.29, 1.82) is 0 Å². The summed E-state index contributed by atoms with van der Waals surface area (Å²) in [4.78, 5) is 0. The maximum absolute atomic E-state index is 9.69. The molecular formula is C14H28N2O2P2. The number of rotatable bonds is 5. The highest BCUT2D eigenvalue weighted by Crippen LogP contribution is 2.46. The van der Waals surface area contributed by atoms with Gasteiger partial charge in [0, 0.05) is 28.0 Å². The van der Waals surface area contributed by atoms with Crippen LogP contribution in [0.2, 0.25) is 0 Å². The average molecular weight is 318 g/mol. The summed E-state index contributed by atoms with van der Waals surface area (Å²) < 4.78 is 8.07. The van der Waals surface area contributed by atoms with E-state index in [1.807, 2.05) is 6.08 Å². The van der Waals surface area contributed by atoms with Gasteiger partial charge in [0.15, 0.2) is 0 Å². The first kappa shape index (κ1) is 18.2. The van der Waals surface area contributed by atoms with Crippen LogP contribution < -0.4 is 5.73 Å². The fourth-order valence-corrected chi connectivity index (χ4v) is 3.99. The highest BCUT2D eigenvalue weighted by Gasteiger charge is 2.50. The van der Waals surface area contributed by atoms with Gasteiger partial charge in [-0.15, -0.1) is 0 Å². The number of hydrogen-bond acceptors (Lipinski definition) is 4. The van der Waals surface area contributed by atoms with Crippen LogP contribution in [0.3, 0.4) is 0 Å². The Morgan fingerprint density at radius 2 is 2.25 bits per heavy atom. The van der Waals surface area contributed by atoms with Crippen molar-refractivity contribution in [2.45, 2.75) is 44.9 Å². The van der Waals surface area contributed by atoms with Crippen molar-refractivity contribution in [3.05, 3.63) is 24.3 Å². The minimum atomic E-state index is -0.619. The van der Waals surface area contributed by atoms with Crippen LogP contribution in [0.25, 0.3) is 0 Å². The maximum atomic E-state index is 9.69. The quantitative estimate of drug-likeness (QED) is 0.600. The van der Waals surface area contributed by atoms with Crippen LogP contribution in [0.1, 0.15) is 27.2 Å². The summed E-state index contributed by atoms with van der Waals surface area (Å²) in [6.45, 7) is 7.53. The lowest BCUT2D eigenvalue weighted by atomic mass is 9.69. The van der Waals surface area contributed by atoms with Gasteiger partial charge in [0.25, 0.3) is 0 Å². The van der Waals surface area contributed by atoms with Gasteiger partial charge in [-0.25, -0.2) is 0 Å². The molecule has 0 radical (unpaired) electrons. The van der Waals surface area contributed by atoms with Gasteiger partial charge < -0.3 is 15.4 Å².